The molecule has 0 spiro atoms. The predicted molar refractivity (Wildman–Crippen MR) is 165 cm³/mol. The van der Waals surface area contributed by atoms with Crippen LogP contribution in [-0.2, 0) is 14.3 Å². The molecular formula is C36H41F3N2O4. The lowest BCUT2D eigenvalue weighted by atomic mass is 9.48. The van der Waals surface area contributed by atoms with Gasteiger partial charge >= 0.3 is 12.1 Å². The van der Waals surface area contributed by atoms with Gasteiger partial charge in [-0.15, -0.1) is 0 Å². The highest BCUT2D eigenvalue weighted by Crippen LogP contribution is 2.69. The highest BCUT2D eigenvalue weighted by atomic mass is 19.4. The Morgan fingerprint density at radius 1 is 1.09 bits per heavy atom. The Hall–Kier alpha value is -3.54. The number of Topliss-reactive ketones (excluding diaryl/α,β-unsaturated/α-hetero) is 1. The number of ketones is 1. The topological polar surface area (TPSA) is 79.2 Å². The molecule has 240 valence electrons. The van der Waals surface area contributed by atoms with Crippen LogP contribution in [0.1, 0.15) is 89.5 Å². The number of allylic oxidation sites excluding steroid dienone is 4. The highest BCUT2D eigenvalue weighted by Gasteiger charge is 2.65. The molecule has 1 N–H and O–H groups in total. The van der Waals surface area contributed by atoms with Crippen molar-refractivity contribution in [1.29, 1.82) is 0 Å². The van der Waals surface area contributed by atoms with E-state index in [2.05, 4.69) is 40.2 Å². The Bertz CT molecular complexity index is 1510. The maximum absolute atomic E-state index is 14.0. The molecule has 0 unspecified atom stereocenters. The van der Waals surface area contributed by atoms with Gasteiger partial charge in [0.1, 0.15) is 0 Å². The second-order valence-electron chi connectivity index (χ2n) is 13.7. The average molecular weight is 623 g/mol. The zero-order chi connectivity index (χ0) is 32.0. The molecule has 0 aromatic heterocycles. The van der Waals surface area contributed by atoms with Crippen LogP contribution in [0.2, 0.25) is 0 Å². The summed E-state index contributed by atoms with van der Waals surface area (Å²) in [4.78, 5) is 28.0. The number of rotatable bonds is 5. The number of fused-ring (bicyclic) bond motifs is 4. The lowest BCUT2D eigenvalue weighted by Gasteiger charge is -2.54. The third-order valence-corrected chi connectivity index (χ3v) is 11.4. The Kier molecular flexibility index (Phi) is 8.38. The Labute approximate surface area is 262 Å². The SMILES string of the molecule is CC(=O)OCC(=O)[C@@]1(C#CC(F)(F)F)CC[C@H]2[C@@H]3CCC4=CC(=NO)CCC4=C3[C@@H](c3ccc(N4CCCCC4)cc3)C[C@@]21C. The van der Waals surface area contributed by atoms with E-state index < -0.39 is 35.4 Å². The van der Waals surface area contributed by atoms with Gasteiger partial charge in [-0.05, 0) is 116 Å². The lowest BCUT2D eigenvalue weighted by Crippen LogP contribution is -2.51. The number of carbonyl (C=O) groups excluding carboxylic acids is 2. The monoisotopic (exact) mass is 622 g/mol. The smallest absolute Gasteiger partial charge is 0.457 e. The fraction of sp³-hybridized carbons (Fsp3) is 0.583. The second-order valence-corrected chi connectivity index (χ2v) is 13.7. The van der Waals surface area contributed by atoms with Crippen LogP contribution in [-0.4, -0.2) is 48.5 Å². The summed E-state index contributed by atoms with van der Waals surface area (Å²) < 4.78 is 46.0. The molecular weight excluding hydrogens is 581 g/mol. The molecule has 45 heavy (non-hydrogen) atoms. The van der Waals surface area contributed by atoms with Crippen molar-refractivity contribution < 1.29 is 32.7 Å². The highest BCUT2D eigenvalue weighted by molar-refractivity contribution is 5.97. The van der Waals surface area contributed by atoms with Gasteiger partial charge in [-0.1, -0.05) is 35.7 Å². The molecule has 0 bridgehead atoms. The van der Waals surface area contributed by atoms with Crippen LogP contribution in [0.5, 0.6) is 0 Å². The normalized spacial score (nSPS) is 32.1. The first-order chi connectivity index (χ1) is 21.5. The second kappa shape index (κ2) is 12.0. The molecule has 0 amide bonds. The number of alkyl halides is 3. The van der Waals surface area contributed by atoms with E-state index >= 15 is 0 Å². The van der Waals surface area contributed by atoms with E-state index in [-0.39, 0.29) is 24.2 Å². The number of halogens is 3. The number of piperidine rings is 1. The fourth-order valence-electron chi connectivity index (χ4n) is 9.35. The van der Waals surface area contributed by atoms with E-state index in [1.165, 1.54) is 54.5 Å². The van der Waals surface area contributed by atoms with Crippen LogP contribution in [0.15, 0.2) is 52.2 Å². The summed E-state index contributed by atoms with van der Waals surface area (Å²) in [6.45, 7) is 4.60. The first kappa shape index (κ1) is 31.4. The minimum Gasteiger partial charge on any atom is -0.458 e. The summed E-state index contributed by atoms with van der Waals surface area (Å²) in [7, 11) is 0. The third kappa shape index (κ3) is 5.70. The third-order valence-electron chi connectivity index (χ3n) is 11.4. The molecule has 1 aromatic carbocycles. The van der Waals surface area contributed by atoms with Crippen molar-refractivity contribution in [3.8, 4) is 11.8 Å². The quantitative estimate of drug-likeness (QED) is 0.159. The molecule has 6 rings (SSSR count). The molecule has 1 aromatic rings. The van der Waals surface area contributed by atoms with E-state index in [0.29, 0.717) is 25.0 Å². The number of carbonyl (C=O) groups is 2. The molecule has 1 aliphatic heterocycles. The van der Waals surface area contributed by atoms with E-state index in [4.69, 9.17) is 4.74 Å². The van der Waals surface area contributed by atoms with E-state index in [1.54, 1.807) is 0 Å². The van der Waals surface area contributed by atoms with Gasteiger partial charge in [-0.3, -0.25) is 9.59 Å². The number of hydrogen-bond acceptors (Lipinski definition) is 6. The Morgan fingerprint density at radius 3 is 2.49 bits per heavy atom. The molecule has 1 saturated heterocycles. The van der Waals surface area contributed by atoms with E-state index in [0.717, 1.165) is 37.9 Å². The van der Waals surface area contributed by atoms with E-state index in [9.17, 15) is 28.0 Å². The fourth-order valence-corrected chi connectivity index (χ4v) is 9.35. The Balaban J connectivity index is 1.48. The number of esters is 1. The summed E-state index contributed by atoms with van der Waals surface area (Å²) in [5.74, 6) is 2.68. The molecule has 6 nitrogen and oxygen atoms in total. The summed E-state index contributed by atoms with van der Waals surface area (Å²) >= 11 is 0. The number of anilines is 1. The zero-order valence-corrected chi connectivity index (χ0v) is 26.0. The molecule has 5 atom stereocenters. The van der Waals surface area contributed by atoms with Crippen LogP contribution in [0.3, 0.4) is 0 Å². The van der Waals surface area contributed by atoms with Crippen molar-refractivity contribution in [2.45, 2.75) is 90.1 Å². The summed E-state index contributed by atoms with van der Waals surface area (Å²) in [5.41, 5.74) is 4.22. The Morgan fingerprint density at radius 2 is 1.82 bits per heavy atom. The lowest BCUT2D eigenvalue weighted by molar-refractivity contribution is -0.150. The average Bonchev–Trinajstić information content (AvgIpc) is 3.34. The van der Waals surface area contributed by atoms with Crippen LogP contribution < -0.4 is 4.90 Å². The number of oxime groups is 1. The summed E-state index contributed by atoms with van der Waals surface area (Å²) in [6.07, 6.45) is 4.97. The van der Waals surface area contributed by atoms with Gasteiger partial charge in [0.05, 0.1) is 11.1 Å². The molecule has 4 aliphatic carbocycles. The number of nitrogens with zero attached hydrogens (tertiary/aromatic N) is 2. The number of hydrogen-bond donors (Lipinski definition) is 1. The summed E-state index contributed by atoms with van der Waals surface area (Å²) in [5, 5.41) is 13.0. The van der Waals surface area contributed by atoms with Crippen molar-refractivity contribution in [3.05, 3.63) is 52.6 Å². The first-order valence-corrected chi connectivity index (χ1v) is 16.2. The standard InChI is InChI=1S/C36H41F3N2O4/c1-23(42)45-22-32(43)35(16-17-36(37,38)39)15-14-31-29-12-8-25-20-26(40-44)9-13-28(25)33(29)30(21-34(31,35)2)24-6-10-27(11-7-24)41-18-4-3-5-19-41/h6-7,10-11,20,29-31,44H,3-5,8-9,12-15,18-19,21-22H2,1-2H3/t29-,30+,31-,34-,35-/m0/s1. The summed E-state index contributed by atoms with van der Waals surface area (Å²) in [6, 6.07) is 8.62. The molecule has 5 aliphatic rings. The van der Waals surface area contributed by atoms with Crippen molar-refractivity contribution in [2.75, 3.05) is 24.6 Å². The van der Waals surface area contributed by atoms with Gasteiger partial charge in [0, 0.05) is 37.5 Å². The maximum Gasteiger partial charge on any atom is 0.457 e. The van der Waals surface area contributed by atoms with Crippen LogP contribution in [0, 0.1) is 34.5 Å². The zero-order valence-electron chi connectivity index (χ0n) is 26.0. The van der Waals surface area contributed by atoms with Gasteiger partial charge < -0.3 is 14.8 Å². The van der Waals surface area contributed by atoms with E-state index in [1.807, 2.05) is 13.0 Å². The largest absolute Gasteiger partial charge is 0.458 e. The van der Waals surface area contributed by atoms with Gasteiger partial charge in [0.25, 0.3) is 0 Å². The predicted octanol–water partition coefficient (Wildman–Crippen LogP) is 7.52. The molecule has 3 fully saturated rings. The minimum absolute atomic E-state index is 0.0536. The van der Waals surface area contributed by atoms with Crippen LogP contribution in [0.4, 0.5) is 18.9 Å². The van der Waals surface area contributed by atoms with Crippen molar-refractivity contribution in [3.63, 3.8) is 0 Å². The van der Waals surface area contributed by atoms with Gasteiger partial charge in [0.2, 0.25) is 0 Å². The van der Waals surface area contributed by atoms with Crippen molar-refractivity contribution in [2.24, 2.45) is 27.8 Å². The van der Waals surface area contributed by atoms with Crippen LogP contribution in [0.25, 0.3) is 0 Å². The first-order valence-electron chi connectivity index (χ1n) is 16.2. The molecule has 9 heteroatoms. The minimum atomic E-state index is -4.76. The van der Waals surface area contributed by atoms with Gasteiger partial charge in [-0.25, -0.2) is 0 Å². The van der Waals surface area contributed by atoms with Crippen LogP contribution >= 0.6 is 0 Å². The maximum atomic E-state index is 14.0. The molecule has 0 radical (unpaired) electrons. The van der Waals surface area contributed by atoms with Crippen molar-refractivity contribution in [1.82, 2.24) is 0 Å². The number of ether oxygens (including phenoxy) is 1. The molecule has 2 saturated carbocycles. The van der Waals surface area contributed by atoms with Crippen molar-refractivity contribution >= 4 is 23.2 Å². The molecule has 1 heterocycles. The number of benzene rings is 1. The van der Waals surface area contributed by atoms with Gasteiger partial charge in [0.15, 0.2) is 12.4 Å². The van der Waals surface area contributed by atoms with Gasteiger partial charge in [-0.2, -0.15) is 13.2 Å².